The van der Waals surface area contributed by atoms with Gasteiger partial charge in [-0.25, -0.2) is 9.13 Å². The normalized spacial score (nSPS) is 9.73. The van der Waals surface area contributed by atoms with Crippen molar-refractivity contribution in [3.05, 3.63) is 60.2 Å². The molecule has 0 aliphatic heterocycles. The van der Waals surface area contributed by atoms with E-state index in [-0.39, 0.29) is 34.0 Å². The number of aromatic nitrogens is 2. The summed E-state index contributed by atoms with van der Waals surface area (Å²) in [5.41, 5.74) is 2.66. The number of aryl methyl sites for hydroxylation is 4. The van der Waals surface area contributed by atoms with Crippen LogP contribution in [0.1, 0.15) is 36.8 Å². The molecule has 0 aliphatic carbocycles. The molecule has 0 atom stereocenters. The second-order valence-corrected chi connectivity index (χ2v) is 5.64. The predicted octanol–water partition coefficient (Wildman–Crippen LogP) is -2.85. The third-order valence-electron chi connectivity index (χ3n) is 3.70. The summed E-state index contributed by atoms with van der Waals surface area (Å²) in [7, 11) is 0. The lowest BCUT2D eigenvalue weighted by Crippen LogP contribution is -3.00. The van der Waals surface area contributed by atoms with Crippen LogP contribution in [0.2, 0.25) is 0 Å². The average Bonchev–Trinajstić information content (AvgIpc) is 2.46. The van der Waals surface area contributed by atoms with E-state index in [0.717, 1.165) is 13.1 Å². The zero-order valence-electron chi connectivity index (χ0n) is 13.5. The van der Waals surface area contributed by atoms with Gasteiger partial charge in [-0.3, -0.25) is 0 Å². The van der Waals surface area contributed by atoms with Crippen molar-refractivity contribution < 1.29 is 43.1 Å². The van der Waals surface area contributed by atoms with Gasteiger partial charge in [0.1, 0.15) is 13.1 Å². The monoisotopic (exact) mass is 428 g/mol. The minimum Gasteiger partial charge on any atom is -1.00 e. The Labute approximate surface area is 155 Å². The van der Waals surface area contributed by atoms with E-state index in [9.17, 15) is 0 Å². The molecule has 0 fully saturated rings. The highest BCUT2D eigenvalue weighted by Gasteiger charge is 2.01. The highest BCUT2D eigenvalue weighted by Crippen LogP contribution is 2.00. The van der Waals surface area contributed by atoms with E-state index in [4.69, 9.17) is 0 Å². The largest absolute Gasteiger partial charge is 1.00 e. The van der Waals surface area contributed by atoms with E-state index in [1.54, 1.807) is 0 Å². The van der Waals surface area contributed by atoms with Gasteiger partial charge >= 0.3 is 0 Å². The predicted molar refractivity (Wildman–Crippen MR) is 81.2 cm³/mol. The van der Waals surface area contributed by atoms with Gasteiger partial charge in [0.15, 0.2) is 24.8 Å². The van der Waals surface area contributed by atoms with Gasteiger partial charge in [-0.05, 0) is 37.8 Å². The summed E-state index contributed by atoms with van der Waals surface area (Å²) in [6, 6.07) is 8.70. The molecule has 2 nitrogen and oxygen atoms in total. The van der Waals surface area contributed by atoms with Gasteiger partial charge in [0.05, 0.1) is 0 Å². The molecule has 0 aliphatic rings. The van der Waals surface area contributed by atoms with Gasteiger partial charge in [-0.15, -0.1) is 0 Å². The highest BCUT2D eigenvalue weighted by atomic mass is 79.9. The summed E-state index contributed by atoms with van der Waals surface area (Å²) < 4.78 is 4.56. The van der Waals surface area contributed by atoms with E-state index in [1.165, 1.54) is 36.8 Å². The Hall–Kier alpha value is -0.740. The van der Waals surface area contributed by atoms with Crippen LogP contribution in [0.3, 0.4) is 0 Å². The van der Waals surface area contributed by atoms with Gasteiger partial charge in [-0.1, -0.05) is 0 Å². The van der Waals surface area contributed by atoms with Crippen molar-refractivity contribution in [2.45, 2.75) is 52.6 Å². The van der Waals surface area contributed by atoms with E-state index in [0.29, 0.717) is 0 Å². The van der Waals surface area contributed by atoms with Crippen molar-refractivity contribution in [3.63, 3.8) is 0 Å². The average molecular weight is 430 g/mol. The van der Waals surface area contributed by atoms with Crippen LogP contribution in [0.4, 0.5) is 0 Å². The summed E-state index contributed by atoms with van der Waals surface area (Å²) in [5, 5.41) is 0. The maximum atomic E-state index is 2.28. The Morgan fingerprint density at radius 3 is 1.23 bits per heavy atom. The van der Waals surface area contributed by atoms with Crippen LogP contribution < -0.4 is 43.1 Å². The molecule has 0 amide bonds. The number of halogens is 2. The van der Waals surface area contributed by atoms with Gasteiger partial charge in [0, 0.05) is 37.1 Å². The van der Waals surface area contributed by atoms with Crippen LogP contribution in [0.15, 0.2) is 49.1 Å². The standard InChI is InChI=1S/C18H26N2.2BrH/c1-17-7-13-19(14-8-17)11-5-3-4-6-12-20-15-9-18(2)10-16-20;;/h7-10,13-16H,3-6,11-12H2,1-2H3;2*1H/q+2;;/p-2. The third-order valence-corrected chi connectivity index (χ3v) is 3.70. The molecule has 2 aromatic rings. The van der Waals surface area contributed by atoms with Gasteiger partial charge < -0.3 is 34.0 Å². The van der Waals surface area contributed by atoms with Gasteiger partial charge in [0.2, 0.25) is 0 Å². The number of nitrogens with zero attached hydrogens (tertiary/aromatic N) is 2. The fourth-order valence-electron chi connectivity index (χ4n) is 2.30. The number of unbranched alkanes of at least 4 members (excludes halogenated alkanes) is 3. The first-order valence-electron chi connectivity index (χ1n) is 7.65. The van der Waals surface area contributed by atoms with E-state index in [2.05, 4.69) is 72.0 Å². The Balaban J connectivity index is 0.00000220. The van der Waals surface area contributed by atoms with Crippen molar-refractivity contribution in [1.82, 2.24) is 0 Å². The molecular formula is C18H26Br2N2. The van der Waals surface area contributed by atoms with Crippen LogP contribution in [-0.2, 0) is 13.1 Å². The molecule has 0 unspecified atom stereocenters. The summed E-state index contributed by atoms with van der Waals surface area (Å²) >= 11 is 0. The number of pyridine rings is 2. The maximum Gasteiger partial charge on any atom is 0.169 e. The fourth-order valence-corrected chi connectivity index (χ4v) is 2.30. The molecule has 2 aromatic heterocycles. The molecule has 22 heavy (non-hydrogen) atoms. The zero-order chi connectivity index (χ0) is 14.2. The van der Waals surface area contributed by atoms with Crippen LogP contribution in [0.25, 0.3) is 0 Å². The fraction of sp³-hybridized carbons (Fsp3) is 0.444. The first-order valence-corrected chi connectivity index (χ1v) is 7.65. The number of rotatable bonds is 7. The Morgan fingerprint density at radius 1 is 0.591 bits per heavy atom. The van der Waals surface area contributed by atoms with Crippen molar-refractivity contribution in [1.29, 1.82) is 0 Å². The quantitative estimate of drug-likeness (QED) is 0.330. The zero-order valence-corrected chi connectivity index (χ0v) is 16.7. The minimum absolute atomic E-state index is 0. The lowest BCUT2D eigenvalue weighted by Gasteiger charge is -1.99. The van der Waals surface area contributed by atoms with Crippen molar-refractivity contribution in [2.75, 3.05) is 0 Å². The van der Waals surface area contributed by atoms with Crippen molar-refractivity contribution >= 4 is 0 Å². The molecule has 4 heteroatoms. The van der Waals surface area contributed by atoms with Crippen LogP contribution in [0.5, 0.6) is 0 Å². The summed E-state index contributed by atoms with van der Waals surface area (Å²) in [5.74, 6) is 0. The highest BCUT2D eigenvalue weighted by molar-refractivity contribution is 5.03. The maximum absolute atomic E-state index is 2.28. The van der Waals surface area contributed by atoms with E-state index < -0.39 is 0 Å². The lowest BCUT2D eigenvalue weighted by molar-refractivity contribution is -0.698. The molecule has 0 N–H and O–H groups in total. The van der Waals surface area contributed by atoms with Crippen molar-refractivity contribution in [2.24, 2.45) is 0 Å². The van der Waals surface area contributed by atoms with Crippen LogP contribution in [-0.4, -0.2) is 0 Å². The summed E-state index contributed by atoms with van der Waals surface area (Å²) in [6.45, 7) is 6.54. The molecule has 2 heterocycles. The van der Waals surface area contributed by atoms with Gasteiger partial charge in [-0.2, -0.15) is 0 Å². The second-order valence-electron chi connectivity index (χ2n) is 5.64. The number of hydrogen-bond donors (Lipinski definition) is 0. The molecule has 122 valence electrons. The lowest BCUT2D eigenvalue weighted by atomic mass is 10.2. The van der Waals surface area contributed by atoms with Crippen LogP contribution >= 0.6 is 0 Å². The first kappa shape index (κ1) is 21.3. The Bertz CT molecular complexity index is 460. The first-order chi connectivity index (χ1) is 9.74. The molecule has 0 saturated heterocycles. The molecule has 0 spiro atoms. The van der Waals surface area contributed by atoms with Gasteiger partial charge in [0.25, 0.3) is 0 Å². The van der Waals surface area contributed by atoms with Crippen molar-refractivity contribution in [3.8, 4) is 0 Å². The summed E-state index contributed by atoms with van der Waals surface area (Å²) in [6.07, 6.45) is 13.9. The van der Waals surface area contributed by atoms with E-state index >= 15 is 0 Å². The van der Waals surface area contributed by atoms with E-state index in [1.807, 2.05) is 0 Å². The minimum atomic E-state index is 0. The Kier molecular flexibility index (Phi) is 11.4. The topological polar surface area (TPSA) is 7.76 Å². The molecule has 0 saturated carbocycles. The molecular weight excluding hydrogens is 404 g/mol. The molecule has 0 radical (unpaired) electrons. The molecule has 2 rings (SSSR count). The third kappa shape index (κ3) is 8.04. The molecule has 0 aromatic carbocycles. The van der Waals surface area contributed by atoms with Crippen LogP contribution in [0, 0.1) is 13.8 Å². The Morgan fingerprint density at radius 2 is 0.909 bits per heavy atom. The summed E-state index contributed by atoms with van der Waals surface area (Å²) in [4.78, 5) is 0. The molecule has 0 bridgehead atoms. The SMILES string of the molecule is Cc1cc[n+](CCCCCC[n+]2ccc(C)cc2)cc1.[Br-].[Br-]. The smallest absolute Gasteiger partial charge is 0.169 e. The number of hydrogen-bond acceptors (Lipinski definition) is 0. The second kappa shape index (κ2) is 11.8.